The molecule has 23 heavy (non-hydrogen) atoms. The molecule has 1 heterocycles. The van der Waals surface area contributed by atoms with Gasteiger partial charge in [0.1, 0.15) is 0 Å². The van der Waals surface area contributed by atoms with E-state index in [-0.39, 0.29) is 10.5 Å². The summed E-state index contributed by atoms with van der Waals surface area (Å²) in [6, 6.07) is 9.21. The Hall–Kier alpha value is -2.25. The third-order valence-electron chi connectivity index (χ3n) is 3.43. The van der Waals surface area contributed by atoms with Gasteiger partial charge in [0.15, 0.2) is 5.58 Å². The van der Waals surface area contributed by atoms with E-state index in [0.29, 0.717) is 21.8 Å². The first-order valence-electron chi connectivity index (χ1n) is 6.66. The molecule has 0 atom stereocenters. The van der Waals surface area contributed by atoms with Crippen molar-refractivity contribution in [3.8, 4) is 0 Å². The van der Waals surface area contributed by atoms with Crippen molar-refractivity contribution >= 4 is 38.4 Å². The van der Waals surface area contributed by atoms with Gasteiger partial charge in [0.05, 0.1) is 16.1 Å². The van der Waals surface area contributed by atoms with Crippen LogP contribution in [0, 0.1) is 6.92 Å². The summed E-state index contributed by atoms with van der Waals surface area (Å²) in [5.74, 6) is -0.541. The molecule has 0 saturated heterocycles. The fraction of sp³-hybridized carbons (Fsp3) is 0.133. The van der Waals surface area contributed by atoms with Gasteiger partial charge in [0.2, 0.25) is 0 Å². The Kier molecular flexibility index (Phi) is 3.69. The predicted octanol–water partition coefficient (Wildman–Crippen LogP) is 2.89. The van der Waals surface area contributed by atoms with Gasteiger partial charge < -0.3 is 4.42 Å². The van der Waals surface area contributed by atoms with Crippen LogP contribution in [0.2, 0.25) is 5.02 Å². The molecule has 0 spiro atoms. The Morgan fingerprint density at radius 1 is 1.22 bits per heavy atom. The maximum absolute atomic E-state index is 12.5. The third kappa shape index (κ3) is 2.85. The van der Waals surface area contributed by atoms with Gasteiger partial charge in [-0.3, -0.25) is 9.29 Å². The van der Waals surface area contributed by atoms with E-state index < -0.39 is 15.8 Å². The van der Waals surface area contributed by atoms with Crippen LogP contribution in [0.15, 0.2) is 50.5 Å². The van der Waals surface area contributed by atoms with Crippen molar-refractivity contribution in [2.45, 2.75) is 11.8 Å². The van der Waals surface area contributed by atoms with E-state index >= 15 is 0 Å². The molecule has 6 nitrogen and oxygen atoms in total. The molecule has 1 aromatic heterocycles. The van der Waals surface area contributed by atoms with Gasteiger partial charge in [-0.25, -0.2) is 13.2 Å². The van der Waals surface area contributed by atoms with Crippen molar-refractivity contribution < 1.29 is 12.8 Å². The lowest BCUT2D eigenvalue weighted by atomic mass is 10.2. The quantitative estimate of drug-likeness (QED) is 0.785. The minimum Gasteiger partial charge on any atom is -0.408 e. The number of nitrogens with one attached hydrogen (secondary N) is 1. The summed E-state index contributed by atoms with van der Waals surface area (Å²) in [4.78, 5) is 11.6. The topological polar surface area (TPSA) is 81.3 Å². The molecule has 0 aliphatic rings. The number of fused-ring (bicyclic) bond motifs is 1. The molecule has 2 aromatic carbocycles. The number of oxazole rings is 1. The number of benzene rings is 2. The molecular weight excluding hydrogens is 340 g/mol. The number of rotatable bonds is 3. The van der Waals surface area contributed by atoms with Crippen molar-refractivity contribution in [2.75, 3.05) is 4.72 Å². The van der Waals surface area contributed by atoms with E-state index in [1.807, 2.05) is 0 Å². The van der Waals surface area contributed by atoms with Crippen LogP contribution in [0.4, 0.5) is 5.69 Å². The molecule has 1 N–H and O–H groups in total. The Morgan fingerprint density at radius 3 is 2.65 bits per heavy atom. The van der Waals surface area contributed by atoms with Gasteiger partial charge in [-0.2, -0.15) is 0 Å². The number of aromatic nitrogens is 1. The molecular formula is C15H13ClN2O4S. The zero-order valence-electron chi connectivity index (χ0n) is 12.3. The lowest BCUT2D eigenvalue weighted by Crippen LogP contribution is -2.13. The summed E-state index contributed by atoms with van der Waals surface area (Å²) < 4.78 is 33.9. The lowest BCUT2D eigenvalue weighted by molar-refractivity contribution is 0.527. The van der Waals surface area contributed by atoms with Crippen molar-refractivity contribution in [3.63, 3.8) is 0 Å². The number of halogens is 1. The highest BCUT2D eigenvalue weighted by Crippen LogP contribution is 2.24. The van der Waals surface area contributed by atoms with E-state index in [2.05, 4.69) is 4.72 Å². The average molecular weight is 353 g/mol. The summed E-state index contributed by atoms with van der Waals surface area (Å²) in [6.07, 6.45) is 0. The second-order valence-corrected chi connectivity index (χ2v) is 7.25. The van der Waals surface area contributed by atoms with Crippen molar-refractivity contribution in [3.05, 3.63) is 57.5 Å². The molecule has 3 rings (SSSR count). The van der Waals surface area contributed by atoms with Crippen LogP contribution in [-0.4, -0.2) is 13.0 Å². The molecule has 0 saturated carbocycles. The molecule has 8 heteroatoms. The summed E-state index contributed by atoms with van der Waals surface area (Å²) in [5, 5.41) is 0.422. The summed E-state index contributed by atoms with van der Waals surface area (Å²) in [5.41, 5.74) is 1.77. The molecule has 0 amide bonds. The molecule has 3 aromatic rings. The number of anilines is 1. The minimum atomic E-state index is -3.83. The van der Waals surface area contributed by atoms with Crippen molar-refractivity contribution in [2.24, 2.45) is 7.05 Å². The second kappa shape index (κ2) is 5.43. The molecule has 0 unspecified atom stereocenters. The first-order valence-corrected chi connectivity index (χ1v) is 8.52. The average Bonchev–Trinajstić information content (AvgIpc) is 2.74. The lowest BCUT2D eigenvalue weighted by Gasteiger charge is -2.09. The summed E-state index contributed by atoms with van der Waals surface area (Å²) in [7, 11) is -2.26. The molecule has 0 radical (unpaired) electrons. The van der Waals surface area contributed by atoms with Gasteiger partial charge in [0, 0.05) is 18.1 Å². The Morgan fingerprint density at radius 2 is 1.96 bits per heavy atom. The van der Waals surface area contributed by atoms with Crippen molar-refractivity contribution in [1.29, 1.82) is 0 Å². The largest absolute Gasteiger partial charge is 0.419 e. The first-order chi connectivity index (χ1) is 10.8. The Bertz CT molecular complexity index is 1070. The highest BCUT2D eigenvalue weighted by atomic mass is 35.5. The molecule has 0 fully saturated rings. The number of sulfonamides is 1. The first kappa shape index (κ1) is 15.6. The standard InChI is InChI=1S/C15H13ClN2O4S/c1-9-6-12(8-13-14(9)18(2)15(19)22-13)23(20,21)17-11-5-3-4-10(16)7-11/h3-8,17H,1-2H3. The highest BCUT2D eigenvalue weighted by Gasteiger charge is 2.19. The number of nitrogens with zero attached hydrogens (tertiary/aromatic N) is 1. The van der Waals surface area contributed by atoms with Crippen LogP contribution in [-0.2, 0) is 17.1 Å². The van der Waals surface area contributed by atoms with Crippen LogP contribution in [0.25, 0.3) is 11.1 Å². The van der Waals surface area contributed by atoms with Crippen LogP contribution in [0.1, 0.15) is 5.56 Å². The predicted molar refractivity (Wildman–Crippen MR) is 88.5 cm³/mol. The zero-order valence-corrected chi connectivity index (χ0v) is 13.9. The van der Waals surface area contributed by atoms with Crippen LogP contribution < -0.4 is 10.5 Å². The van der Waals surface area contributed by atoms with E-state index in [0.717, 1.165) is 0 Å². The van der Waals surface area contributed by atoms with Gasteiger partial charge in [-0.05, 0) is 36.8 Å². The van der Waals surface area contributed by atoms with Gasteiger partial charge in [-0.15, -0.1) is 0 Å². The second-order valence-electron chi connectivity index (χ2n) is 5.13. The molecule has 120 valence electrons. The van der Waals surface area contributed by atoms with Gasteiger partial charge in [-0.1, -0.05) is 17.7 Å². The molecule has 0 bridgehead atoms. The number of aryl methyl sites for hydroxylation is 2. The van der Waals surface area contributed by atoms with E-state index in [1.165, 1.54) is 22.8 Å². The molecule has 0 aliphatic heterocycles. The van der Waals surface area contributed by atoms with E-state index in [9.17, 15) is 13.2 Å². The van der Waals surface area contributed by atoms with Gasteiger partial charge in [0.25, 0.3) is 10.0 Å². The van der Waals surface area contributed by atoms with Crippen LogP contribution in [0.5, 0.6) is 0 Å². The maximum Gasteiger partial charge on any atom is 0.419 e. The van der Waals surface area contributed by atoms with E-state index in [1.54, 1.807) is 32.2 Å². The number of hydrogen-bond acceptors (Lipinski definition) is 4. The minimum absolute atomic E-state index is 0.0109. The fourth-order valence-electron chi connectivity index (χ4n) is 2.40. The number of hydrogen-bond donors (Lipinski definition) is 1. The monoisotopic (exact) mass is 352 g/mol. The fourth-order valence-corrected chi connectivity index (χ4v) is 3.74. The van der Waals surface area contributed by atoms with Crippen molar-refractivity contribution in [1.82, 2.24) is 4.57 Å². The molecule has 0 aliphatic carbocycles. The third-order valence-corrected chi connectivity index (χ3v) is 5.03. The summed E-state index contributed by atoms with van der Waals surface area (Å²) in [6.45, 7) is 1.72. The van der Waals surface area contributed by atoms with Crippen LogP contribution >= 0.6 is 11.6 Å². The smallest absolute Gasteiger partial charge is 0.408 e. The van der Waals surface area contributed by atoms with E-state index in [4.69, 9.17) is 16.0 Å². The Balaban J connectivity index is 2.10. The van der Waals surface area contributed by atoms with Gasteiger partial charge >= 0.3 is 5.76 Å². The normalized spacial score (nSPS) is 11.8. The van der Waals surface area contributed by atoms with Crippen LogP contribution in [0.3, 0.4) is 0 Å². The SMILES string of the molecule is Cc1cc(S(=O)(=O)Nc2cccc(Cl)c2)cc2oc(=O)n(C)c12. The summed E-state index contributed by atoms with van der Waals surface area (Å²) >= 11 is 5.86. The highest BCUT2D eigenvalue weighted by molar-refractivity contribution is 7.92. The Labute approximate surface area is 137 Å². The zero-order chi connectivity index (χ0) is 16.8. The maximum atomic E-state index is 12.5.